The first-order chi connectivity index (χ1) is 12.0. The average molecular weight is 342 g/mol. The smallest absolute Gasteiger partial charge is 0.338 e. The summed E-state index contributed by atoms with van der Waals surface area (Å²) in [7, 11) is 2.58. The van der Waals surface area contributed by atoms with Crippen molar-refractivity contribution in [3.05, 3.63) is 58.7 Å². The number of esters is 2. The molecule has 0 aliphatic carbocycles. The van der Waals surface area contributed by atoms with Gasteiger partial charge in [0.15, 0.2) is 6.29 Å². The number of hydrogen-bond acceptors (Lipinski definition) is 5. The molecule has 25 heavy (non-hydrogen) atoms. The van der Waals surface area contributed by atoms with Gasteiger partial charge >= 0.3 is 11.9 Å². The number of ether oxygens (including phenoxy) is 2. The van der Waals surface area contributed by atoms with E-state index in [4.69, 9.17) is 9.47 Å². The second-order valence-corrected chi connectivity index (χ2v) is 4.93. The normalized spacial score (nSPS) is 9.48. The highest BCUT2D eigenvalue weighted by Crippen LogP contribution is 2.25. The van der Waals surface area contributed by atoms with Crippen molar-refractivity contribution in [1.29, 1.82) is 0 Å². The van der Waals surface area contributed by atoms with Crippen LogP contribution in [-0.4, -0.2) is 32.4 Å². The molecule has 0 aromatic heterocycles. The van der Waals surface area contributed by atoms with Gasteiger partial charge in [-0.15, -0.1) is 0 Å². The number of carbonyl (C=O) groups excluding carboxylic acids is 3. The van der Waals surface area contributed by atoms with Crippen LogP contribution in [0.15, 0.2) is 36.4 Å². The van der Waals surface area contributed by atoms with E-state index < -0.39 is 11.9 Å². The van der Waals surface area contributed by atoms with Crippen LogP contribution in [0.4, 0.5) is 0 Å². The molecule has 5 heteroatoms. The van der Waals surface area contributed by atoms with Crippen LogP contribution in [0, 0.1) is 6.92 Å². The molecule has 0 bridgehead atoms. The third kappa shape index (κ3) is 4.53. The Morgan fingerprint density at radius 1 is 0.840 bits per heavy atom. The molecule has 0 aliphatic heterocycles. The maximum absolute atomic E-state index is 11.8. The first-order valence-electron chi connectivity index (χ1n) is 7.88. The molecule has 0 spiro atoms. The lowest BCUT2D eigenvalue weighted by atomic mass is 9.96. The monoisotopic (exact) mass is 342 g/mol. The summed E-state index contributed by atoms with van der Waals surface area (Å²) in [6, 6.07) is 10.2. The highest BCUT2D eigenvalue weighted by atomic mass is 16.5. The summed E-state index contributed by atoms with van der Waals surface area (Å²) in [6.07, 6.45) is 0.602. The summed E-state index contributed by atoms with van der Waals surface area (Å²) in [5, 5.41) is 0. The summed E-state index contributed by atoms with van der Waals surface area (Å²) in [4.78, 5) is 34.6. The van der Waals surface area contributed by atoms with Crippen molar-refractivity contribution >= 4 is 18.2 Å². The Hall–Kier alpha value is -2.95. The SMILES string of the molecule is CC.COC(=O)c1cc(-c2ccc(C=O)c(C(=O)OC)c2)ccc1C. The topological polar surface area (TPSA) is 69.7 Å². The minimum absolute atomic E-state index is 0.181. The van der Waals surface area contributed by atoms with E-state index in [0.29, 0.717) is 17.4 Å². The standard InChI is InChI=1S/C18H16O5.C2H6/c1-11-4-5-12(8-15(11)17(20)22-2)13-6-7-14(10-19)16(9-13)18(21)23-3;1-2/h4-10H,1-3H3;1-2H3. The highest BCUT2D eigenvalue weighted by Gasteiger charge is 2.15. The molecule has 0 atom stereocenters. The molecule has 0 radical (unpaired) electrons. The number of benzene rings is 2. The minimum atomic E-state index is -0.589. The fourth-order valence-electron chi connectivity index (χ4n) is 2.26. The Balaban J connectivity index is 0.00000151. The number of hydrogen-bond donors (Lipinski definition) is 0. The van der Waals surface area contributed by atoms with E-state index in [1.807, 2.05) is 26.8 Å². The quantitative estimate of drug-likeness (QED) is 0.619. The van der Waals surface area contributed by atoms with E-state index >= 15 is 0 Å². The van der Waals surface area contributed by atoms with Gasteiger partial charge in [-0.3, -0.25) is 4.79 Å². The molecule has 0 amide bonds. The van der Waals surface area contributed by atoms with Crippen molar-refractivity contribution in [3.63, 3.8) is 0 Å². The largest absolute Gasteiger partial charge is 0.465 e. The van der Waals surface area contributed by atoms with Crippen molar-refractivity contribution in [2.75, 3.05) is 14.2 Å². The minimum Gasteiger partial charge on any atom is -0.465 e. The molecule has 0 saturated heterocycles. The maximum Gasteiger partial charge on any atom is 0.338 e. The lowest BCUT2D eigenvalue weighted by molar-refractivity contribution is 0.0590. The van der Waals surface area contributed by atoms with E-state index in [-0.39, 0.29) is 11.1 Å². The van der Waals surface area contributed by atoms with Crippen LogP contribution in [0.5, 0.6) is 0 Å². The molecule has 5 nitrogen and oxygen atoms in total. The predicted molar refractivity (Wildman–Crippen MR) is 96.0 cm³/mol. The zero-order valence-electron chi connectivity index (χ0n) is 15.1. The summed E-state index contributed by atoms with van der Waals surface area (Å²) in [5.74, 6) is -1.02. The molecule has 0 fully saturated rings. The van der Waals surface area contributed by atoms with Crippen molar-refractivity contribution in [3.8, 4) is 11.1 Å². The van der Waals surface area contributed by atoms with Gasteiger partial charge in [-0.25, -0.2) is 9.59 Å². The number of aldehydes is 1. The molecule has 0 heterocycles. The van der Waals surface area contributed by atoms with Crippen LogP contribution in [0.2, 0.25) is 0 Å². The summed E-state index contributed by atoms with van der Waals surface area (Å²) in [6.45, 7) is 5.81. The first kappa shape index (κ1) is 20.1. The fourth-order valence-corrected chi connectivity index (χ4v) is 2.26. The first-order valence-corrected chi connectivity index (χ1v) is 7.88. The predicted octanol–water partition coefficient (Wildman–Crippen LogP) is 4.07. The van der Waals surface area contributed by atoms with Crippen molar-refractivity contribution < 1.29 is 23.9 Å². The zero-order chi connectivity index (χ0) is 19.0. The third-order valence-electron chi connectivity index (χ3n) is 3.56. The zero-order valence-corrected chi connectivity index (χ0v) is 15.1. The van der Waals surface area contributed by atoms with E-state index in [0.717, 1.165) is 11.1 Å². The number of aryl methyl sites for hydroxylation is 1. The van der Waals surface area contributed by atoms with Gasteiger partial charge in [-0.2, -0.15) is 0 Å². The molecule has 0 unspecified atom stereocenters. The Morgan fingerprint density at radius 2 is 1.32 bits per heavy atom. The Bertz CT molecular complexity index is 778. The van der Waals surface area contributed by atoms with Gasteiger partial charge in [0.05, 0.1) is 25.3 Å². The van der Waals surface area contributed by atoms with Crippen molar-refractivity contribution in [2.24, 2.45) is 0 Å². The van der Waals surface area contributed by atoms with Crippen LogP contribution in [-0.2, 0) is 9.47 Å². The van der Waals surface area contributed by atoms with Crippen molar-refractivity contribution in [2.45, 2.75) is 20.8 Å². The van der Waals surface area contributed by atoms with Gasteiger partial charge in [0.1, 0.15) is 0 Å². The lowest BCUT2D eigenvalue weighted by Gasteiger charge is -2.10. The Labute approximate surface area is 147 Å². The van der Waals surface area contributed by atoms with Crippen molar-refractivity contribution in [1.82, 2.24) is 0 Å². The number of rotatable bonds is 4. The van der Waals surface area contributed by atoms with Gasteiger partial charge < -0.3 is 9.47 Å². The highest BCUT2D eigenvalue weighted by molar-refractivity contribution is 6.00. The van der Waals surface area contributed by atoms with Crippen LogP contribution < -0.4 is 0 Å². The third-order valence-corrected chi connectivity index (χ3v) is 3.56. The lowest BCUT2D eigenvalue weighted by Crippen LogP contribution is -2.06. The summed E-state index contributed by atoms with van der Waals surface area (Å²) in [5.41, 5.74) is 3.10. The van der Waals surface area contributed by atoms with Crippen LogP contribution >= 0.6 is 0 Å². The Morgan fingerprint density at radius 3 is 1.84 bits per heavy atom. The molecule has 0 aliphatic rings. The van der Waals surface area contributed by atoms with Gasteiger partial charge in [0.25, 0.3) is 0 Å². The van der Waals surface area contributed by atoms with Gasteiger partial charge in [0.2, 0.25) is 0 Å². The molecule has 2 aromatic carbocycles. The van der Waals surface area contributed by atoms with Crippen LogP contribution in [0.25, 0.3) is 11.1 Å². The second kappa shape index (κ2) is 9.37. The Kier molecular flexibility index (Phi) is 7.53. The van der Waals surface area contributed by atoms with Gasteiger partial charge in [-0.05, 0) is 35.7 Å². The molecule has 0 saturated carbocycles. The van der Waals surface area contributed by atoms with E-state index in [1.165, 1.54) is 14.2 Å². The van der Waals surface area contributed by atoms with E-state index in [9.17, 15) is 14.4 Å². The maximum atomic E-state index is 11.8. The van der Waals surface area contributed by atoms with E-state index in [2.05, 4.69) is 0 Å². The molecular weight excluding hydrogens is 320 g/mol. The molecule has 2 rings (SSSR count). The summed E-state index contributed by atoms with van der Waals surface area (Å²) < 4.78 is 9.46. The van der Waals surface area contributed by atoms with Crippen LogP contribution in [0.3, 0.4) is 0 Å². The molecule has 132 valence electrons. The average Bonchev–Trinajstić information content (AvgIpc) is 2.68. The summed E-state index contributed by atoms with van der Waals surface area (Å²) >= 11 is 0. The molecular formula is C20H22O5. The van der Waals surface area contributed by atoms with Gasteiger partial charge in [-0.1, -0.05) is 38.1 Å². The molecule has 0 N–H and O–H groups in total. The van der Waals surface area contributed by atoms with E-state index in [1.54, 1.807) is 30.3 Å². The number of methoxy groups -OCH3 is 2. The molecule has 2 aromatic rings. The second-order valence-electron chi connectivity index (χ2n) is 4.93. The fraction of sp³-hybridized carbons (Fsp3) is 0.250. The van der Waals surface area contributed by atoms with Crippen LogP contribution in [0.1, 0.15) is 50.5 Å². The van der Waals surface area contributed by atoms with Gasteiger partial charge in [0, 0.05) is 5.56 Å². The number of carbonyl (C=O) groups is 3.